The third-order valence-electron chi connectivity index (χ3n) is 3.80. The largest absolute Gasteiger partial charge is 0.380 e. The Morgan fingerprint density at radius 3 is 2.48 bits per heavy atom. The van der Waals surface area contributed by atoms with Crippen LogP contribution in [0.25, 0.3) is 0 Å². The first-order chi connectivity index (χ1) is 9.91. The van der Waals surface area contributed by atoms with Gasteiger partial charge in [-0.3, -0.25) is 0 Å². The molecule has 1 aromatic carbocycles. The van der Waals surface area contributed by atoms with Crippen LogP contribution in [-0.4, -0.2) is 46.1 Å². The monoisotopic (exact) mass is 312 g/mol. The first-order valence-corrected chi connectivity index (χ1v) is 8.71. The number of nitrogens with zero attached hydrogens (tertiary/aromatic N) is 1. The van der Waals surface area contributed by atoms with E-state index in [9.17, 15) is 8.42 Å². The van der Waals surface area contributed by atoms with Crippen molar-refractivity contribution in [2.45, 2.75) is 36.7 Å². The van der Waals surface area contributed by atoms with E-state index in [2.05, 4.69) is 12.2 Å². The zero-order valence-electron chi connectivity index (χ0n) is 12.9. The average Bonchev–Trinajstić information content (AvgIpc) is 2.48. The highest BCUT2D eigenvalue weighted by atomic mass is 32.2. The molecule has 0 amide bonds. The van der Waals surface area contributed by atoms with Gasteiger partial charge in [-0.2, -0.15) is 0 Å². The molecule has 1 fully saturated rings. The molecule has 0 bridgehead atoms. The van der Waals surface area contributed by atoms with Gasteiger partial charge in [-0.15, -0.1) is 0 Å². The van der Waals surface area contributed by atoms with Crippen LogP contribution in [0.5, 0.6) is 0 Å². The van der Waals surface area contributed by atoms with E-state index in [0.29, 0.717) is 10.9 Å². The van der Waals surface area contributed by atoms with Crippen molar-refractivity contribution in [1.82, 2.24) is 9.62 Å². The predicted octanol–water partition coefficient (Wildman–Crippen LogP) is 1.77. The fraction of sp³-hybridized carbons (Fsp3) is 0.600. The van der Waals surface area contributed by atoms with Gasteiger partial charge >= 0.3 is 0 Å². The van der Waals surface area contributed by atoms with Crippen molar-refractivity contribution in [2.24, 2.45) is 0 Å². The van der Waals surface area contributed by atoms with Gasteiger partial charge in [0.2, 0.25) is 10.0 Å². The molecule has 1 aliphatic rings. The van der Waals surface area contributed by atoms with E-state index < -0.39 is 10.0 Å². The predicted molar refractivity (Wildman–Crippen MR) is 82.7 cm³/mol. The maximum Gasteiger partial charge on any atom is 0.242 e. The molecule has 2 unspecified atom stereocenters. The second-order valence-corrected chi connectivity index (χ2v) is 7.81. The number of benzene rings is 1. The summed E-state index contributed by atoms with van der Waals surface area (Å²) in [6.07, 6.45) is 2.21. The standard InChI is InChI=1S/C15H24N2O3S/c1-12(16-14-5-4-10-20-11-14)13-6-8-15(9-7-13)21(18,19)17(2)3/h6-9,12,14,16H,4-5,10-11H2,1-3H3. The molecule has 0 spiro atoms. The second-order valence-electron chi connectivity index (χ2n) is 5.66. The minimum absolute atomic E-state index is 0.174. The van der Waals surface area contributed by atoms with Crippen molar-refractivity contribution in [1.29, 1.82) is 0 Å². The molecule has 6 heteroatoms. The summed E-state index contributed by atoms with van der Waals surface area (Å²) in [5.41, 5.74) is 1.08. The zero-order valence-corrected chi connectivity index (χ0v) is 13.7. The Bertz CT molecular complexity index is 549. The molecule has 1 saturated heterocycles. The average molecular weight is 312 g/mol. The lowest BCUT2D eigenvalue weighted by atomic mass is 10.1. The number of nitrogens with one attached hydrogen (secondary N) is 1. The molecule has 0 aromatic heterocycles. The Morgan fingerprint density at radius 1 is 1.29 bits per heavy atom. The fourth-order valence-corrected chi connectivity index (χ4v) is 3.36. The van der Waals surface area contributed by atoms with Gasteiger partial charge in [0.15, 0.2) is 0 Å². The molecular weight excluding hydrogens is 288 g/mol. The minimum Gasteiger partial charge on any atom is -0.380 e. The van der Waals surface area contributed by atoms with Crippen LogP contribution in [0.15, 0.2) is 29.2 Å². The highest BCUT2D eigenvalue weighted by Gasteiger charge is 2.19. The van der Waals surface area contributed by atoms with Gasteiger partial charge in [-0.1, -0.05) is 12.1 Å². The van der Waals surface area contributed by atoms with Gasteiger partial charge in [0, 0.05) is 32.8 Å². The molecule has 1 N–H and O–H groups in total. The summed E-state index contributed by atoms with van der Waals surface area (Å²) < 4.78 is 30.7. The highest BCUT2D eigenvalue weighted by molar-refractivity contribution is 7.89. The molecule has 21 heavy (non-hydrogen) atoms. The normalized spacial score (nSPS) is 21.4. The summed E-state index contributed by atoms with van der Waals surface area (Å²) in [4.78, 5) is 0.324. The lowest BCUT2D eigenvalue weighted by molar-refractivity contribution is 0.0671. The number of ether oxygens (including phenoxy) is 1. The number of sulfonamides is 1. The topological polar surface area (TPSA) is 58.6 Å². The Labute approximate surface area is 127 Å². The zero-order chi connectivity index (χ0) is 15.5. The molecule has 1 aromatic rings. The Kier molecular flexibility index (Phi) is 5.37. The van der Waals surface area contributed by atoms with Crippen LogP contribution in [0.2, 0.25) is 0 Å². The van der Waals surface area contributed by atoms with E-state index in [0.717, 1.165) is 31.6 Å². The van der Waals surface area contributed by atoms with E-state index in [-0.39, 0.29) is 6.04 Å². The Hall–Kier alpha value is -0.950. The Morgan fingerprint density at radius 2 is 1.95 bits per heavy atom. The van der Waals surface area contributed by atoms with E-state index in [4.69, 9.17) is 4.74 Å². The molecule has 1 heterocycles. The molecule has 0 radical (unpaired) electrons. The lowest BCUT2D eigenvalue weighted by Crippen LogP contribution is -2.38. The van der Waals surface area contributed by atoms with Crippen molar-refractivity contribution in [2.75, 3.05) is 27.3 Å². The van der Waals surface area contributed by atoms with Gasteiger partial charge < -0.3 is 10.1 Å². The van der Waals surface area contributed by atoms with Crippen molar-refractivity contribution < 1.29 is 13.2 Å². The maximum atomic E-state index is 12.0. The number of hydrogen-bond donors (Lipinski definition) is 1. The van der Waals surface area contributed by atoms with Gasteiger partial charge in [-0.25, -0.2) is 12.7 Å². The van der Waals surface area contributed by atoms with Crippen molar-refractivity contribution >= 4 is 10.0 Å². The minimum atomic E-state index is -3.35. The van der Waals surface area contributed by atoms with Gasteiger partial charge in [-0.05, 0) is 37.5 Å². The van der Waals surface area contributed by atoms with Crippen molar-refractivity contribution in [3.05, 3.63) is 29.8 Å². The Balaban J connectivity index is 2.04. The summed E-state index contributed by atoms with van der Waals surface area (Å²) in [5.74, 6) is 0. The van der Waals surface area contributed by atoms with Crippen LogP contribution in [0.3, 0.4) is 0 Å². The first kappa shape index (κ1) is 16.4. The summed E-state index contributed by atoms with van der Waals surface area (Å²) in [6, 6.07) is 7.63. The number of hydrogen-bond acceptors (Lipinski definition) is 4. The molecule has 2 rings (SSSR count). The van der Waals surface area contributed by atoms with E-state index >= 15 is 0 Å². The molecule has 0 saturated carbocycles. The van der Waals surface area contributed by atoms with E-state index in [1.54, 1.807) is 12.1 Å². The third-order valence-corrected chi connectivity index (χ3v) is 5.63. The number of rotatable bonds is 5. The summed E-state index contributed by atoms with van der Waals surface area (Å²) in [5, 5.41) is 3.53. The molecule has 118 valence electrons. The molecule has 0 aliphatic carbocycles. The summed E-state index contributed by atoms with van der Waals surface area (Å²) >= 11 is 0. The molecule has 2 atom stereocenters. The van der Waals surface area contributed by atoms with Crippen LogP contribution < -0.4 is 5.32 Å². The van der Waals surface area contributed by atoms with Crippen LogP contribution in [0.4, 0.5) is 0 Å². The second kappa shape index (κ2) is 6.87. The van der Waals surface area contributed by atoms with Crippen molar-refractivity contribution in [3.8, 4) is 0 Å². The molecule has 1 aliphatic heterocycles. The third kappa shape index (κ3) is 4.03. The summed E-state index contributed by atoms with van der Waals surface area (Å²) in [6.45, 7) is 3.69. The van der Waals surface area contributed by atoms with Crippen LogP contribution in [0.1, 0.15) is 31.4 Å². The summed E-state index contributed by atoms with van der Waals surface area (Å²) in [7, 11) is -0.277. The van der Waals surface area contributed by atoms with Gasteiger partial charge in [0.1, 0.15) is 0 Å². The van der Waals surface area contributed by atoms with E-state index in [1.807, 2.05) is 12.1 Å². The van der Waals surface area contributed by atoms with Crippen LogP contribution >= 0.6 is 0 Å². The highest BCUT2D eigenvalue weighted by Crippen LogP contribution is 2.19. The van der Waals surface area contributed by atoms with Crippen LogP contribution in [0, 0.1) is 0 Å². The van der Waals surface area contributed by atoms with E-state index in [1.165, 1.54) is 18.4 Å². The van der Waals surface area contributed by atoms with Crippen molar-refractivity contribution in [3.63, 3.8) is 0 Å². The maximum absolute atomic E-state index is 12.0. The molecule has 5 nitrogen and oxygen atoms in total. The first-order valence-electron chi connectivity index (χ1n) is 7.27. The smallest absolute Gasteiger partial charge is 0.242 e. The SMILES string of the molecule is CC(NC1CCCOC1)c1ccc(S(=O)(=O)N(C)C)cc1. The quantitative estimate of drug-likeness (QED) is 0.900. The van der Waals surface area contributed by atoms with Gasteiger partial charge in [0.05, 0.1) is 11.5 Å². The molecular formula is C15H24N2O3S. The fourth-order valence-electron chi connectivity index (χ4n) is 2.46. The lowest BCUT2D eigenvalue weighted by Gasteiger charge is -2.27. The van der Waals surface area contributed by atoms with Gasteiger partial charge in [0.25, 0.3) is 0 Å². The van der Waals surface area contributed by atoms with Crippen LogP contribution in [-0.2, 0) is 14.8 Å².